The summed E-state index contributed by atoms with van der Waals surface area (Å²) in [4.78, 5) is 66.2. The molecule has 12 heteroatoms. The Balaban J connectivity index is 2.27. The Labute approximate surface area is 212 Å². The zero-order valence-electron chi connectivity index (χ0n) is 19.7. The molecular weight excluding hydrogens is 492 g/mol. The first-order chi connectivity index (χ1) is 16.6. The van der Waals surface area contributed by atoms with Crippen LogP contribution in [0, 0.1) is 0 Å². The van der Waals surface area contributed by atoms with Crippen LogP contribution < -0.4 is 16.0 Å². The molecule has 1 aromatic heterocycles. The monoisotopic (exact) mass is 520 g/mol. The number of esters is 1. The number of pyridine rings is 1. The van der Waals surface area contributed by atoms with Gasteiger partial charge in [-0.15, -0.1) is 11.8 Å². The van der Waals surface area contributed by atoms with Gasteiger partial charge in [0.15, 0.2) is 5.12 Å². The second kappa shape index (κ2) is 13.7. The maximum Gasteiger partial charge on any atom is 0.328 e. The molecule has 35 heavy (non-hydrogen) atoms. The average Bonchev–Trinajstić information content (AvgIpc) is 2.81. The van der Waals surface area contributed by atoms with Crippen LogP contribution in [-0.2, 0) is 30.5 Å². The fourth-order valence-corrected chi connectivity index (χ4v) is 3.95. The van der Waals surface area contributed by atoms with Crippen molar-refractivity contribution >= 4 is 52.3 Å². The molecule has 0 radical (unpaired) electrons. The van der Waals surface area contributed by atoms with Gasteiger partial charge in [0, 0.05) is 17.6 Å². The minimum absolute atomic E-state index is 0.00131. The summed E-state index contributed by atoms with van der Waals surface area (Å²) < 4.78 is 5.43. The van der Waals surface area contributed by atoms with Crippen LogP contribution in [0.3, 0.4) is 0 Å². The van der Waals surface area contributed by atoms with Gasteiger partial charge in [-0.1, -0.05) is 24.4 Å². The number of fused-ring (bicyclic) bond motifs is 2. The van der Waals surface area contributed by atoms with Crippen molar-refractivity contribution in [2.75, 3.05) is 12.0 Å². The van der Waals surface area contributed by atoms with Gasteiger partial charge in [-0.2, -0.15) is 0 Å². The first kappa shape index (κ1) is 28.1. The summed E-state index contributed by atoms with van der Waals surface area (Å²) in [5.74, 6) is -2.01. The maximum atomic E-state index is 12.7. The first-order valence-electron chi connectivity index (χ1n) is 10.7. The molecule has 0 saturated heterocycles. The van der Waals surface area contributed by atoms with Gasteiger partial charge in [-0.3, -0.25) is 19.2 Å². The highest BCUT2D eigenvalue weighted by atomic mass is 32.2. The Morgan fingerprint density at radius 3 is 2.69 bits per heavy atom. The molecule has 10 nitrogen and oxygen atoms in total. The van der Waals surface area contributed by atoms with E-state index in [-0.39, 0.29) is 29.5 Å². The Hall–Kier alpha value is -3.12. The summed E-state index contributed by atoms with van der Waals surface area (Å²) in [6.07, 6.45) is 4.59. The van der Waals surface area contributed by atoms with Crippen molar-refractivity contribution < 1.29 is 28.7 Å². The third-order valence-electron chi connectivity index (χ3n) is 4.65. The number of hydrogen-bond acceptors (Lipinski definition) is 9. The minimum Gasteiger partial charge on any atom is -0.456 e. The molecule has 2 heterocycles. The summed E-state index contributed by atoms with van der Waals surface area (Å²) in [5.41, 5.74) is 0.262. The van der Waals surface area contributed by atoms with Crippen LogP contribution in [0.5, 0.6) is 0 Å². The molecule has 1 aromatic rings. The maximum absolute atomic E-state index is 12.7. The molecule has 2 bridgehead atoms. The molecule has 1 aliphatic heterocycles. The highest BCUT2D eigenvalue weighted by Crippen LogP contribution is 2.19. The molecular formula is C23H28N4O6S2. The highest BCUT2D eigenvalue weighted by Gasteiger charge is 2.25. The van der Waals surface area contributed by atoms with Crippen LogP contribution >= 0.6 is 23.5 Å². The van der Waals surface area contributed by atoms with E-state index in [1.165, 1.54) is 37.4 Å². The van der Waals surface area contributed by atoms with Crippen LogP contribution in [0.15, 0.2) is 41.5 Å². The second-order valence-corrected chi connectivity index (χ2v) is 9.61. The van der Waals surface area contributed by atoms with Gasteiger partial charge in [-0.05, 0) is 37.8 Å². The number of hydrogen-bond donors (Lipinski definition) is 3. The van der Waals surface area contributed by atoms with Crippen molar-refractivity contribution in [2.24, 2.45) is 0 Å². The zero-order chi connectivity index (χ0) is 26.0. The number of carbonyl (C=O) groups excluding carboxylic acids is 5. The number of allylic oxidation sites excluding steroid dienone is 1. The van der Waals surface area contributed by atoms with E-state index < -0.39 is 35.8 Å². The SMILES string of the molecule is C=C1NC(=O)c2nc(ccc2SC)CNC(=O)C[C@@H](/C=C/CCSC(C)=O)OC(=O)[C@H](C)NC1=O. The number of nitrogens with one attached hydrogen (secondary N) is 3. The van der Waals surface area contributed by atoms with Crippen LogP contribution in [0.1, 0.15) is 42.9 Å². The third-order valence-corrected chi connectivity index (χ3v) is 6.27. The van der Waals surface area contributed by atoms with Gasteiger partial charge in [0.2, 0.25) is 5.91 Å². The van der Waals surface area contributed by atoms with Crippen molar-refractivity contribution in [1.82, 2.24) is 20.9 Å². The van der Waals surface area contributed by atoms with E-state index in [0.29, 0.717) is 22.8 Å². The van der Waals surface area contributed by atoms with Gasteiger partial charge in [0.25, 0.3) is 11.8 Å². The summed E-state index contributed by atoms with van der Waals surface area (Å²) in [6.45, 7) is 6.51. The number of cyclic esters (lactones) is 1. The van der Waals surface area contributed by atoms with Gasteiger partial charge < -0.3 is 20.7 Å². The molecule has 188 valence electrons. The van der Waals surface area contributed by atoms with Gasteiger partial charge in [0.1, 0.15) is 17.8 Å². The van der Waals surface area contributed by atoms with Gasteiger partial charge in [0.05, 0.1) is 24.4 Å². The van der Waals surface area contributed by atoms with Gasteiger partial charge >= 0.3 is 5.97 Å². The third kappa shape index (κ3) is 9.21. The summed E-state index contributed by atoms with van der Waals surface area (Å²) in [7, 11) is 0. The van der Waals surface area contributed by atoms with Crippen molar-refractivity contribution in [3.8, 4) is 0 Å². The van der Waals surface area contributed by atoms with E-state index in [9.17, 15) is 24.0 Å². The van der Waals surface area contributed by atoms with Crippen LogP contribution in [0.25, 0.3) is 0 Å². The second-order valence-electron chi connectivity index (χ2n) is 7.49. The molecule has 0 spiro atoms. The molecule has 0 saturated carbocycles. The minimum atomic E-state index is -1.07. The van der Waals surface area contributed by atoms with E-state index in [1.807, 2.05) is 0 Å². The normalized spacial score (nSPS) is 20.1. The molecule has 1 aliphatic rings. The summed E-state index contributed by atoms with van der Waals surface area (Å²) in [5, 5.41) is 7.53. The molecule has 3 amide bonds. The number of amides is 3. The Kier molecular flexibility index (Phi) is 11.0. The predicted octanol–water partition coefficient (Wildman–Crippen LogP) is 1.71. The lowest BCUT2D eigenvalue weighted by molar-refractivity contribution is -0.151. The molecule has 0 fully saturated rings. The Morgan fingerprint density at radius 2 is 2.00 bits per heavy atom. The lowest BCUT2D eigenvalue weighted by Crippen LogP contribution is -2.44. The molecule has 0 aliphatic carbocycles. The molecule has 3 N–H and O–H groups in total. The van der Waals surface area contributed by atoms with Gasteiger partial charge in [-0.25, -0.2) is 9.78 Å². The smallest absolute Gasteiger partial charge is 0.328 e. The van der Waals surface area contributed by atoms with Crippen molar-refractivity contribution in [2.45, 2.75) is 50.3 Å². The van der Waals surface area contributed by atoms with E-state index in [0.717, 1.165) is 0 Å². The number of aromatic nitrogens is 1. The summed E-state index contributed by atoms with van der Waals surface area (Å²) in [6, 6.07) is 2.31. The van der Waals surface area contributed by atoms with E-state index in [2.05, 4.69) is 27.5 Å². The van der Waals surface area contributed by atoms with Crippen LogP contribution in [0.4, 0.5) is 0 Å². The number of rotatable bonds is 5. The highest BCUT2D eigenvalue weighted by molar-refractivity contribution is 8.13. The lowest BCUT2D eigenvalue weighted by atomic mass is 10.2. The van der Waals surface area contributed by atoms with Crippen molar-refractivity contribution in [3.63, 3.8) is 0 Å². The lowest BCUT2D eigenvalue weighted by Gasteiger charge is -2.19. The molecule has 2 atom stereocenters. The Bertz CT molecular complexity index is 1040. The van der Waals surface area contributed by atoms with E-state index >= 15 is 0 Å². The van der Waals surface area contributed by atoms with Crippen molar-refractivity contribution in [1.29, 1.82) is 0 Å². The van der Waals surface area contributed by atoms with Crippen molar-refractivity contribution in [3.05, 3.63) is 47.9 Å². The fourth-order valence-electron chi connectivity index (χ4n) is 2.87. The van der Waals surface area contributed by atoms with E-state index in [4.69, 9.17) is 4.74 Å². The van der Waals surface area contributed by atoms with Crippen LogP contribution in [0.2, 0.25) is 0 Å². The zero-order valence-corrected chi connectivity index (χ0v) is 21.3. The average molecular weight is 521 g/mol. The van der Waals surface area contributed by atoms with E-state index in [1.54, 1.807) is 30.5 Å². The number of ether oxygens (including phenoxy) is 1. The summed E-state index contributed by atoms with van der Waals surface area (Å²) >= 11 is 2.47. The standard InChI is InChI=1S/C23H28N4O6S2/c1-13-21(30)26-14(2)23(32)33-17(7-5-6-10-35-15(3)28)11-19(29)24-12-16-8-9-18(34-4)20(27-16)22(31)25-13/h5,7-9,14,17H,1,6,10-12H2,2-4H3,(H,24,29)(H,25,31)(H,26,30)/b7-5+/t14-,17+/m0/s1. The molecule has 0 aromatic carbocycles. The molecule has 0 unspecified atom stereocenters. The predicted molar refractivity (Wildman–Crippen MR) is 133 cm³/mol. The first-order valence-corrected chi connectivity index (χ1v) is 12.9. The molecule has 2 rings (SSSR count). The fraction of sp³-hybridized carbons (Fsp3) is 0.391. The number of carbonyl (C=O) groups is 5. The quantitative estimate of drug-likeness (QED) is 0.174. The number of thioether (sulfide) groups is 2. The Morgan fingerprint density at radius 1 is 1.26 bits per heavy atom. The van der Waals surface area contributed by atoms with Crippen LogP contribution in [-0.4, -0.2) is 57.9 Å². The topological polar surface area (TPSA) is 144 Å². The number of nitrogens with zero attached hydrogens (tertiary/aromatic N) is 1. The largest absolute Gasteiger partial charge is 0.456 e.